The smallest absolute Gasteiger partial charge is 0.286 e. The number of aryl methyl sites for hydroxylation is 1. The lowest BCUT2D eigenvalue weighted by Crippen LogP contribution is -2.42. The van der Waals surface area contributed by atoms with Gasteiger partial charge in [-0.2, -0.15) is 5.10 Å². The summed E-state index contributed by atoms with van der Waals surface area (Å²) in [7, 11) is 0. The molecule has 0 aliphatic rings. The normalized spacial score (nSPS) is 10.5. The number of carbonyl (C=O) groups is 2. The molecule has 7 nitrogen and oxygen atoms in total. The van der Waals surface area contributed by atoms with E-state index in [1.54, 1.807) is 18.3 Å². The molecule has 0 bridgehead atoms. The summed E-state index contributed by atoms with van der Waals surface area (Å²) < 4.78 is 1.86. The van der Waals surface area contributed by atoms with E-state index < -0.39 is 5.91 Å². The number of H-pyrrole nitrogens is 1. The molecule has 0 saturated heterocycles. The summed E-state index contributed by atoms with van der Waals surface area (Å²) >= 11 is 1.39. The number of hydrogen-bond acceptors (Lipinski definition) is 4. The number of hydrazine groups is 1. The standard InChI is InChI=1S/C18H19N5O2S/c1-12-17(13(2)23(22-12)14-7-4-3-5-8-14)26-11-16(24)20-21-18(25)15-9-6-10-19-15/h3-10,19H,11H2,1-2H3,(H,20,24)(H,21,25). The summed E-state index contributed by atoms with van der Waals surface area (Å²) in [4.78, 5) is 27.5. The Balaban J connectivity index is 1.58. The molecule has 0 spiro atoms. The number of carbonyl (C=O) groups excluding carboxylic acids is 2. The molecule has 8 heteroatoms. The highest BCUT2D eigenvalue weighted by Crippen LogP contribution is 2.27. The lowest BCUT2D eigenvalue weighted by atomic mass is 10.3. The Morgan fingerprint density at radius 1 is 1.12 bits per heavy atom. The van der Waals surface area contributed by atoms with Crippen molar-refractivity contribution in [2.75, 3.05) is 5.75 Å². The van der Waals surface area contributed by atoms with Crippen LogP contribution in [0.4, 0.5) is 0 Å². The number of benzene rings is 1. The van der Waals surface area contributed by atoms with Crippen LogP contribution >= 0.6 is 11.8 Å². The van der Waals surface area contributed by atoms with Crippen molar-refractivity contribution in [1.82, 2.24) is 25.6 Å². The van der Waals surface area contributed by atoms with E-state index in [1.807, 2.05) is 48.9 Å². The Hall–Kier alpha value is -3.00. The lowest BCUT2D eigenvalue weighted by Gasteiger charge is -2.07. The van der Waals surface area contributed by atoms with Crippen molar-refractivity contribution < 1.29 is 9.59 Å². The number of para-hydroxylation sites is 1. The maximum absolute atomic E-state index is 12.0. The van der Waals surface area contributed by atoms with Gasteiger partial charge in [0, 0.05) is 6.20 Å². The summed E-state index contributed by atoms with van der Waals surface area (Å²) in [5.74, 6) is -0.508. The molecule has 3 aromatic rings. The summed E-state index contributed by atoms with van der Waals surface area (Å²) in [6, 6.07) is 13.2. The van der Waals surface area contributed by atoms with E-state index >= 15 is 0 Å². The second-order valence-electron chi connectivity index (χ2n) is 5.62. The second kappa shape index (κ2) is 7.92. The summed E-state index contributed by atoms with van der Waals surface area (Å²) in [6.07, 6.45) is 1.64. The van der Waals surface area contributed by atoms with Gasteiger partial charge >= 0.3 is 0 Å². The van der Waals surface area contributed by atoms with Gasteiger partial charge in [-0.25, -0.2) is 4.68 Å². The van der Waals surface area contributed by atoms with Crippen LogP contribution in [0.1, 0.15) is 21.9 Å². The molecule has 2 amide bonds. The van der Waals surface area contributed by atoms with Crippen molar-refractivity contribution >= 4 is 23.6 Å². The molecule has 0 atom stereocenters. The highest BCUT2D eigenvalue weighted by molar-refractivity contribution is 8.00. The number of nitrogens with zero attached hydrogens (tertiary/aromatic N) is 2. The Morgan fingerprint density at radius 3 is 2.58 bits per heavy atom. The van der Waals surface area contributed by atoms with E-state index in [0.29, 0.717) is 5.69 Å². The zero-order valence-electron chi connectivity index (χ0n) is 14.4. The Labute approximate surface area is 155 Å². The minimum Gasteiger partial charge on any atom is -0.357 e. The van der Waals surface area contributed by atoms with Gasteiger partial charge in [0.05, 0.1) is 27.7 Å². The average molecular weight is 369 g/mol. The number of nitrogens with one attached hydrogen (secondary N) is 3. The van der Waals surface area contributed by atoms with Gasteiger partial charge in [0.2, 0.25) is 5.91 Å². The number of thioether (sulfide) groups is 1. The van der Waals surface area contributed by atoms with Crippen molar-refractivity contribution in [2.24, 2.45) is 0 Å². The largest absolute Gasteiger partial charge is 0.357 e. The monoisotopic (exact) mass is 369 g/mol. The van der Waals surface area contributed by atoms with Gasteiger partial charge in [0.15, 0.2) is 0 Å². The first-order valence-electron chi connectivity index (χ1n) is 8.03. The molecule has 0 aliphatic carbocycles. The van der Waals surface area contributed by atoms with E-state index in [2.05, 4.69) is 20.9 Å². The molecule has 0 radical (unpaired) electrons. The fraction of sp³-hybridized carbons (Fsp3) is 0.167. The van der Waals surface area contributed by atoms with Crippen LogP contribution in [0.5, 0.6) is 0 Å². The van der Waals surface area contributed by atoms with Crippen molar-refractivity contribution in [3.63, 3.8) is 0 Å². The first kappa shape index (κ1) is 17.8. The highest BCUT2D eigenvalue weighted by atomic mass is 32.2. The van der Waals surface area contributed by atoms with E-state index in [9.17, 15) is 9.59 Å². The van der Waals surface area contributed by atoms with E-state index in [4.69, 9.17) is 0 Å². The first-order chi connectivity index (χ1) is 12.6. The number of aromatic amines is 1. The topological polar surface area (TPSA) is 91.8 Å². The van der Waals surface area contributed by atoms with Crippen molar-refractivity contribution in [3.8, 4) is 5.69 Å². The molecular formula is C18H19N5O2S. The third kappa shape index (κ3) is 3.97. The number of aromatic nitrogens is 3. The molecule has 26 heavy (non-hydrogen) atoms. The van der Waals surface area contributed by atoms with Crippen LogP contribution in [0.3, 0.4) is 0 Å². The maximum Gasteiger partial charge on any atom is 0.286 e. The predicted octanol–water partition coefficient (Wildman–Crippen LogP) is 2.37. The maximum atomic E-state index is 12.0. The third-order valence-electron chi connectivity index (χ3n) is 3.73. The molecule has 1 aromatic carbocycles. The van der Waals surface area contributed by atoms with Crippen LogP contribution in [0.2, 0.25) is 0 Å². The van der Waals surface area contributed by atoms with Crippen LogP contribution in [0, 0.1) is 13.8 Å². The lowest BCUT2D eigenvalue weighted by molar-refractivity contribution is -0.119. The van der Waals surface area contributed by atoms with Crippen LogP contribution in [0.25, 0.3) is 5.69 Å². The van der Waals surface area contributed by atoms with Crippen LogP contribution in [-0.4, -0.2) is 32.3 Å². The second-order valence-corrected chi connectivity index (χ2v) is 6.61. The quantitative estimate of drug-likeness (QED) is 0.476. The predicted molar refractivity (Wildman–Crippen MR) is 100 cm³/mol. The average Bonchev–Trinajstić information content (AvgIpc) is 3.28. The molecule has 0 fully saturated rings. The number of rotatable bonds is 5. The molecule has 2 aromatic heterocycles. The molecule has 2 heterocycles. The van der Waals surface area contributed by atoms with Gasteiger partial charge in [-0.05, 0) is 38.1 Å². The van der Waals surface area contributed by atoms with Crippen LogP contribution in [-0.2, 0) is 4.79 Å². The first-order valence-corrected chi connectivity index (χ1v) is 9.02. The van der Waals surface area contributed by atoms with Gasteiger partial charge in [-0.3, -0.25) is 20.4 Å². The van der Waals surface area contributed by atoms with Crippen molar-refractivity contribution in [1.29, 1.82) is 0 Å². The van der Waals surface area contributed by atoms with Gasteiger partial charge in [0.25, 0.3) is 5.91 Å². The molecular weight excluding hydrogens is 350 g/mol. The van der Waals surface area contributed by atoms with Crippen molar-refractivity contribution in [3.05, 3.63) is 65.7 Å². The Morgan fingerprint density at radius 2 is 1.88 bits per heavy atom. The van der Waals surface area contributed by atoms with Crippen molar-refractivity contribution in [2.45, 2.75) is 18.7 Å². The fourth-order valence-corrected chi connectivity index (χ4v) is 3.39. The summed E-state index contributed by atoms with van der Waals surface area (Å²) in [5.41, 5.74) is 7.98. The number of hydrogen-bond donors (Lipinski definition) is 3. The van der Waals surface area contributed by atoms with Gasteiger partial charge in [-0.1, -0.05) is 18.2 Å². The summed E-state index contributed by atoms with van der Waals surface area (Å²) in [5, 5.41) is 4.56. The molecule has 134 valence electrons. The SMILES string of the molecule is Cc1nn(-c2ccccc2)c(C)c1SCC(=O)NNC(=O)c1ccc[nH]1. The minimum absolute atomic E-state index is 0.174. The number of amides is 2. The van der Waals surface area contributed by atoms with Gasteiger partial charge < -0.3 is 4.98 Å². The van der Waals surface area contributed by atoms with Gasteiger partial charge in [-0.15, -0.1) is 11.8 Å². The molecule has 0 saturated carbocycles. The zero-order valence-corrected chi connectivity index (χ0v) is 15.3. The minimum atomic E-state index is -0.391. The molecule has 0 aliphatic heterocycles. The van der Waals surface area contributed by atoms with Crippen LogP contribution < -0.4 is 10.9 Å². The zero-order chi connectivity index (χ0) is 18.5. The summed E-state index contributed by atoms with van der Waals surface area (Å²) in [6.45, 7) is 3.89. The highest BCUT2D eigenvalue weighted by Gasteiger charge is 2.15. The van der Waals surface area contributed by atoms with Crippen LogP contribution in [0.15, 0.2) is 53.6 Å². The Bertz CT molecular complexity index is 903. The van der Waals surface area contributed by atoms with E-state index in [0.717, 1.165) is 22.0 Å². The Kier molecular flexibility index (Phi) is 5.43. The van der Waals surface area contributed by atoms with E-state index in [-0.39, 0.29) is 11.7 Å². The van der Waals surface area contributed by atoms with Gasteiger partial charge in [0.1, 0.15) is 5.69 Å². The third-order valence-corrected chi connectivity index (χ3v) is 5.02. The molecule has 3 rings (SSSR count). The van der Waals surface area contributed by atoms with E-state index in [1.165, 1.54) is 11.8 Å². The fourth-order valence-electron chi connectivity index (χ4n) is 2.50. The molecule has 0 unspecified atom stereocenters. The molecule has 3 N–H and O–H groups in total.